The van der Waals surface area contributed by atoms with Gasteiger partial charge in [-0.25, -0.2) is 9.97 Å². The van der Waals surface area contributed by atoms with Crippen molar-refractivity contribution in [1.82, 2.24) is 9.97 Å². The number of carbonyl (C=O) groups is 1. The van der Waals surface area contributed by atoms with Crippen molar-refractivity contribution >= 4 is 40.8 Å². The topological polar surface area (TPSA) is 80.9 Å². The maximum atomic E-state index is 12.2. The molecular weight excluding hydrogens is 308 g/mol. The zero-order valence-corrected chi connectivity index (χ0v) is 13.2. The molecule has 0 saturated heterocycles. The molecule has 5 nitrogen and oxygen atoms in total. The van der Waals surface area contributed by atoms with Crippen LogP contribution in [-0.2, 0) is 4.79 Å². The van der Waals surface area contributed by atoms with Crippen LogP contribution in [0.4, 0.5) is 11.5 Å². The molecule has 1 aromatic heterocycles. The number of hydrogen-bond acceptors (Lipinski definition) is 5. The Labute approximate surface area is 132 Å². The Morgan fingerprint density at radius 2 is 2.10 bits per heavy atom. The Bertz CT molecular complexity index is 645. The molecule has 110 valence electrons. The van der Waals surface area contributed by atoms with Crippen LogP contribution in [0.2, 0.25) is 5.02 Å². The summed E-state index contributed by atoms with van der Waals surface area (Å²) < 4.78 is 0. The van der Waals surface area contributed by atoms with Gasteiger partial charge in [0.2, 0.25) is 5.91 Å². The summed E-state index contributed by atoms with van der Waals surface area (Å²) in [5.74, 6) is 0.223. The number of anilines is 2. The molecule has 0 saturated carbocycles. The molecule has 0 spiro atoms. The van der Waals surface area contributed by atoms with Gasteiger partial charge >= 0.3 is 0 Å². The highest BCUT2D eigenvalue weighted by Gasteiger charge is 2.17. The normalized spacial score (nSPS) is 12.0. The second-order valence-corrected chi connectivity index (χ2v) is 6.16. The lowest BCUT2D eigenvalue weighted by atomic mass is 10.3. The standard InChI is InChI=1S/C14H15ClN4OS/c1-8-7-12(16)19-14(17-8)21-9(2)13(20)18-11-6-4-3-5-10(11)15/h3-7,9H,1-2H3,(H,18,20)(H2,16,17,19)/t9-/m0/s1. The van der Waals surface area contributed by atoms with Gasteiger partial charge < -0.3 is 11.1 Å². The molecule has 1 heterocycles. The highest BCUT2D eigenvalue weighted by Crippen LogP contribution is 2.24. The van der Waals surface area contributed by atoms with Crippen molar-refractivity contribution in [2.75, 3.05) is 11.1 Å². The Kier molecular flexibility index (Phi) is 5.03. The number of carbonyl (C=O) groups excluding carboxylic acids is 1. The molecule has 0 aliphatic rings. The lowest BCUT2D eigenvalue weighted by molar-refractivity contribution is -0.115. The summed E-state index contributed by atoms with van der Waals surface area (Å²) in [7, 11) is 0. The number of nitrogen functional groups attached to an aromatic ring is 1. The Hall–Kier alpha value is -1.79. The molecule has 0 bridgehead atoms. The van der Waals surface area contributed by atoms with Crippen LogP contribution >= 0.6 is 23.4 Å². The second-order valence-electron chi connectivity index (χ2n) is 4.45. The van der Waals surface area contributed by atoms with Gasteiger partial charge in [0.15, 0.2) is 5.16 Å². The van der Waals surface area contributed by atoms with Gasteiger partial charge in [-0.05, 0) is 26.0 Å². The van der Waals surface area contributed by atoms with E-state index in [2.05, 4.69) is 15.3 Å². The molecule has 0 radical (unpaired) electrons. The molecule has 1 aromatic carbocycles. The average Bonchev–Trinajstić information content (AvgIpc) is 2.40. The summed E-state index contributed by atoms with van der Waals surface area (Å²) in [6.45, 7) is 3.61. The largest absolute Gasteiger partial charge is 0.384 e. The van der Waals surface area contributed by atoms with Crippen LogP contribution in [0.1, 0.15) is 12.6 Å². The number of benzene rings is 1. The summed E-state index contributed by atoms with van der Waals surface area (Å²) in [5, 5.41) is 3.39. The van der Waals surface area contributed by atoms with Gasteiger partial charge in [-0.15, -0.1) is 0 Å². The monoisotopic (exact) mass is 322 g/mol. The number of nitrogens with two attached hydrogens (primary N) is 1. The Morgan fingerprint density at radius 1 is 1.38 bits per heavy atom. The highest BCUT2D eigenvalue weighted by atomic mass is 35.5. The van der Waals surface area contributed by atoms with E-state index in [1.54, 1.807) is 31.2 Å². The first kappa shape index (κ1) is 15.6. The SMILES string of the molecule is Cc1cc(N)nc(S[C@@H](C)C(=O)Nc2ccccc2Cl)n1. The minimum absolute atomic E-state index is 0.170. The van der Waals surface area contributed by atoms with Gasteiger partial charge in [0, 0.05) is 11.8 Å². The number of hydrogen-bond donors (Lipinski definition) is 2. The minimum Gasteiger partial charge on any atom is -0.384 e. The number of thioether (sulfide) groups is 1. The van der Waals surface area contributed by atoms with Gasteiger partial charge in [-0.2, -0.15) is 0 Å². The van der Waals surface area contributed by atoms with E-state index in [0.717, 1.165) is 5.69 Å². The fourth-order valence-corrected chi connectivity index (χ4v) is 2.65. The first-order valence-electron chi connectivity index (χ1n) is 6.29. The van der Waals surface area contributed by atoms with Crippen LogP contribution in [-0.4, -0.2) is 21.1 Å². The van der Waals surface area contributed by atoms with Crippen molar-refractivity contribution < 1.29 is 4.79 Å². The Morgan fingerprint density at radius 3 is 2.76 bits per heavy atom. The molecule has 0 unspecified atom stereocenters. The van der Waals surface area contributed by atoms with Gasteiger partial charge in [-0.3, -0.25) is 4.79 Å². The van der Waals surface area contributed by atoms with Crippen molar-refractivity contribution in [2.24, 2.45) is 0 Å². The van der Waals surface area contributed by atoms with Gasteiger partial charge in [-0.1, -0.05) is 35.5 Å². The van der Waals surface area contributed by atoms with E-state index in [9.17, 15) is 4.79 Å². The molecule has 7 heteroatoms. The van der Waals surface area contributed by atoms with Gasteiger partial charge in [0.05, 0.1) is 16.0 Å². The third kappa shape index (κ3) is 4.34. The molecule has 3 N–H and O–H groups in total. The van der Waals surface area contributed by atoms with Crippen molar-refractivity contribution in [3.8, 4) is 0 Å². The van der Waals surface area contributed by atoms with E-state index in [0.29, 0.717) is 21.7 Å². The van der Waals surface area contributed by atoms with E-state index in [1.807, 2.05) is 13.0 Å². The predicted octanol–water partition coefficient (Wildman–Crippen LogP) is 3.14. The van der Waals surface area contributed by atoms with Gasteiger partial charge in [0.1, 0.15) is 5.82 Å². The summed E-state index contributed by atoms with van der Waals surface area (Å²) in [4.78, 5) is 20.5. The predicted molar refractivity (Wildman–Crippen MR) is 86.6 cm³/mol. The maximum Gasteiger partial charge on any atom is 0.237 e. The molecule has 1 amide bonds. The number of amides is 1. The summed E-state index contributed by atoms with van der Waals surface area (Å²) in [6.07, 6.45) is 0. The third-order valence-electron chi connectivity index (χ3n) is 2.64. The molecule has 0 aliphatic heterocycles. The lowest BCUT2D eigenvalue weighted by Crippen LogP contribution is -2.23. The number of aryl methyl sites for hydroxylation is 1. The van der Waals surface area contributed by atoms with Crippen molar-refractivity contribution in [3.05, 3.63) is 41.0 Å². The van der Waals surface area contributed by atoms with Crippen molar-refractivity contribution in [1.29, 1.82) is 0 Å². The highest BCUT2D eigenvalue weighted by molar-refractivity contribution is 8.00. The van der Waals surface area contributed by atoms with E-state index >= 15 is 0 Å². The number of nitrogens with one attached hydrogen (secondary N) is 1. The van der Waals surface area contributed by atoms with Crippen molar-refractivity contribution in [3.63, 3.8) is 0 Å². The molecule has 0 aliphatic carbocycles. The Balaban J connectivity index is 2.04. The van der Waals surface area contributed by atoms with Crippen LogP contribution < -0.4 is 11.1 Å². The number of rotatable bonds is 4. The van der Waals surface area contributed by atoms with E-state index in [4.69, 9.17) is 17.3 Å². The van der Waals surface area contributed by atoms with Crippen LogP contribution in [0.25, 0.3) is 0 Å². The lowest BCUT2D eigenvalue weighted by Gasteiger charge is -2.12. The molecule has 1 atom stereocenters. The fourth-order valence-electron chi connectivity index (χ4n) is 1.63. The summed E-state index contributed by atoms with van der Waals surface area (Å²) in [5.41, 5.74) is 7.02. The number of aromatic nitrogens is 2. The zero-order chi connectivity index (χ0) is 15.4. The third-order valence-corrected chi connectivity index (χ3v) is 3.93. The van der Waals surface area contributed by atoms with Crippen LogP contribution in [0.15, 0.2) is 35.5 Å². The van der Waals surface area contributed by atoms with E-state index in [-0.39, 0.29) is 11.2 Å². The van der Waals surface area contributed by atoms with Crippen molar-refractivity contribution in [2.45, 2.75) is 24.3 Å². The van der Waals surface area contributed by atoms with E-state index in [1.165, 1.54) is 11.8 Å². The second kappa shape index (κ2) is 6.78. The number of nitrogens with zero attached hydrogens (tertiary/aromatic N) is 2. The average molecular weight is 323 g/mol. The molecule has 2 rings (SSSR count). The van der Waals surface area contributed by atoms with Crippen LogP contribution in [0.3, 0.4) is 0 Å². The zero-order valence-electron chi connectivity index (χ0n) is 11.6. The van der Waals surface area contributed by atoms with E-state index < -0.39 is 0 Å². The summed E-state index contributed by atoms with van der Waals surface area (Å²) >= 11 is 7.26. The summed E-state index contributed by atoms with van der Waals surface area (Å²) in [6, 6.07) is 8.76. The molecule has 2 aromatic rings. The van der Waals surface area contributed by atoms with Gasteiger partial charge in [0.25, 0.3) is 0 Å². The first-order valence-corrected chi connectivity index (χ1v) is 7.54. The first-order chi connectivity index (χ1) is 9.95. The fraction of sp³-hybridized carbons (Fsp3) is 0.214. The van der Waals surface area contributed by atoms with Crippen LogP contribution in [0, 0.1) is 6.92 Å². The smallest absolute Gasteiger partial charge is 0.237 e. The number of para-hydroxylation sites is 1. The quantitative estimate of drug-likeness (QED) is 0.667. The molecular formula is C14H15ClN4OS. The maximum absolute atomic E-state index is 12.2. The molecule has 21 heavy (non-hydrogen) atoms. The number of halogens is 1. The minimum atomic E-state index is -0.373. The molecule has 0 fully saturated rings. The van der Waals surface area contributed by atoms with Crippen LogP contribution in [0.5, 0.6) is 0 Å².